The van der Waals surface area contributed by atoms with Gasteiger partial charge in [0.05, 0.1) is 11.4 Å². The minimum absolute atomic E-state index is 0.0870. The quantitative estimate of drug-likeness (QED) is 0.581. The van der Waals surface area contributed by atoms with Crippen LogP contribution in [0.3, 0.4) is 0 Å². The number of nitrogens with one attached hydrogen (secondary N) is 3. The molecule has 2 aromatic rings. The van der Waals surface area contributed by atoms with Crippen LogP contribution in [0.4, 0.5) is 0 Å². The first-order valence-electron chi connectivity index (χ1n) is 9.43. The van der Waals surface area contributed by atoms with Crippen molar-refractivity contribution < 1.29 is 18.0 Å². The summed E-state index contributed by atoms with van der Waals surface area (Å²) in [5, 5.41) is 5.23. The van der Waals surface area contributed by atoms with Gasteiger partial charge in [0.2, 0.25) is 15.9 Å². The molecule has 0 saturated carbocycles. The van der Waals surface area contributed by atoms with E-state index in [2.05, 4.69) is 15.4 Å². The molecule has 2 rings (SSSR count). The Morgan fingerprint density at radius 1 is 0.931 bits per heavy atom. The fraction of sp³-hybridized carbons (Fsp3) is 0.333. The molecule has 0 heterocycles. The molecule has 29 heavy (non-hydrogen) atoms. The Balaban J connectivity index is 1.92. The van der Waals surface area contributed by atoms with Gasteiger partial charge in [-0.2, -0.15) is 0 Å². The fourth-order valence-corrected chi connectivity index (χ4v) is 3.61. The van der Waals surface area contributed by atoms with Gasteiger partial charge in [0, 0.05) is 18.7 Å². The molecule has 3 N–H and O–H groups in total. The van der Waals surface area contributed by atoms with Crippen LogP contribution >= 0.6 is 0 Å². The van der Waals surface area contributed by atoms with E-state index < -0.39 is 10.0 Å². The first-order chi connectivity index (χ1) is 13.7. The van der Waals surface area contributed by atoms with Gasteiger partial charge in [-0.05, 0) is 61.2 Å². The van der Waals surface area contributed by atoms with Crippen LogP contribution in [0.5, 0.6) is 0 Å². The topological polar surface area (TPSA) is 104 Å². The van der Waals surface area contributed by atoms with Gasteiger partial charge in [-0.25, -0.2) is 13.1 Å². The molecule has 2 amide bonds. The third-order valence-electron chi connectivity index (χ3n) is 4.45. The summed E-state index contributed by atoms with van der Waals surface area (Å²) >= 11 is 0. The first-order valence-corrected chi connectivity index (χ1v) is 10.9. The van der Waals surface area contributed by atoms with Crippen LogP contribution in [0.15, 0.2) is 47.4 Å². The predicted octanol–water partition coefficient (Wildman–Crippen LogP) is 2.04. The van der Waals surface area contributed by atoms with Gasteiger partial charge >= 0.3 is 0 Å². The standard InChI is InChI=1S/C21H27N3O4S/c1-4-11-22-20(25)14-23-21(26)18-8-6-17(7-9-18)13-24-29(27,28)19-10-5-15(2)16(3)12-19/h5-10,12,24H,4,11,13-14H2,1-3H3,(H,22,25)(H,23,26). The lowest BCUT2D eigenvalue weighted by atomic mass is 10.1. The molecule has 2 aromatic carbocycles. The second kappa shape index (κ2) is 10.2. The van der Waals surface area contributed by atoms with E-state index in [0.717, 1.165) is 23.1 Å². The number of hydrogen-bond donors (Lipinski definition) is 3. The molecule has 0 aliphatic rings. The van der Waals surface area contributed by atoms with Gasteiger partial charge in [0.15, 0.2) is 0 Å². The van der Waals surface area contributed by atoms with E-state index in [0.29, 0.717) is 12.1 Å². The summed E-state index contributed by atoms with van der Waals surface area (Å²) < 4.78 is 27.5. The van der Waals surface area contributed by atoms with E-state index in [9.17, 15) is 18.0 Å². The van der Waals surface area contributed by atoms with Gasteiger partial charge in [-0.15, -0.1) is 0 Å². The molecule has 0 atom stereocenters. The maximum absolute atomic E-state index is 12.5. The maximum atomic E-state index is 12.5. The van der Waals surface area contributed by atoms with Crippen molar-refractivity contribution in [3.63, 3.8) is 0 Å². The van der Waals surface area contributed by atoms with Crippen molar-refractivity contribution in [2.45, 2.75) is 38.6 Å². The second-order valence-electron chi connectivity index (χ2n) is 6.80. The van der Waals surface area contributed by atoms with Crippen LogP contribution < -0.4 is 15.4 Å². The molecular formula is C21H27N3O4S. The number of carbonyl (C=O) groups is 2. The predicted molar refractivity (Wildman–Crippen MR) is 112 cm³/mol. The molecule has 0 aromatic heterocycles. The van der Waals surface area contributed by atoms with Crippen molar-refractivity contribution >= 4 is 21.8 Å². The smallest absolute Gasteiger partial charge is 0.251 e. The van der Waals surface area contributed by atoms with Gasteiger partial charge in [-0.3, -0.25) is 9.59 Å². The van der Waals surface area contributed by atoms with E-state index in [1.54, 1.807) is 42.5 Å². The summed E-state index contributed by atoms with van der Waals surface area (Å²) in [6.07, 6.45) is 0.828. The molecule has 0 spiro atoms. The first kappa shape index (κ1) is 22.6. The largest absolute Gasteiger partial charge is 0.355 e. The van der Waals surface area contributed by atoms with E-state index in [4.69, 9.17) is 0 Å². The normalized spacial score (nSPS) is 11.1. The van der Waals surface area contributed by atoms with Crippen molar-refractivity contribution in [3.05, 3.63) is 64.7 Å². The Labute approximate surface area is 172 Å². The van der Waals surface area contributed by atoms with Crippen molar-refractivity contribution in [1.29, 1.82) is 0 Å². The molecule has 156 valence electrons. The monoisotopic (exact) mass is 417 g/mol. The maximum Gasteiger partial charge on any atom is 0.251 e. The minimum Gasteiger partial charge on any atom is -0.355 e. The van der Waals surface area contributed by atoms with Gasteiger partial charge in [-0.1, -0.05) is 25.1 Å². The lowest BCUT2D eigenvalue weighted by Crippen LogP contribution is -2.37. The number of carbonyl (C=O) groups excluding carboxylic acids is 2. The molecule has 0 aliphatic carbocycles. The van der Waals surface area contributed by atoms with Crippen molar-refractivity contribution in [1.82, 2.24) is 15.4 Å². The van der Waals surface area contributed by atoms with Crippen LogP contribution in [0.1, 0.15) is 40.4 Å². The van der Waals surface area contributed by atoms with Crippen molar-refractivity contribution in [3.8, 4) is 0 Å². The molecule has 0 radical (unpaired) electrons. The zero-order valence-electron chi connectivity index (χ0n) is 16.9. The summed E-state index contributed by atoms with van der Waals surface area (Å²) in [5.74, 6) is -0.600. The number of rotatable bonds is 9. The molecule has 0 aliphatic heterocycles. The van der Waals surface area contributed by atoms with Crippen LogP contribution in [0, 0.1) is 13.8 Å². The fourth-order valence-electron chi connectivity index (χ4n) is 2.51. The van der Waals surface area contributed by atoms with Crippen LogP contribution in [-0.2, 0) is 21.4 Å². The second-order valence-corrected chi connectivity index (χ2v) is 8.57. The summed E-state index contributed by atoms with van der Waals surface area (Å²) in [5.41, 5.74) is 3.05. The zero-order chi connectivity index (χ0) is 21.4. The van der Waals surface area contributed by atoms with Gasteiger partial charge in [0.1, 0.15) is 0 Å². The number of amides is 2. The summed E-state index contributed by atoms with van der Waals surface area (Å²) in [4.78, 5) is 23.9. The third-order valence-corrected chi connectivity index (χ3v) is 5.85. The van der Waals surface area contributed by atoms with E-state index >= 15 is 0 Å². The lowest BCUT2D eigenvalue weighted by molar-refractivity contribution is -0.120. The molecule has 8 heteroatoms. The Bertz CT molecular complexity index is 970. The molecular weight excluding hydrogens is 390 g/mol. The SMILES string of the molecule is CCCNC(=O)CNC(=O)c1ccc(CNS(=O)(=O)c2ccc(C)c(C)c2)cc1. The molecule has 0 unspecified atom stereocenters. The number of sulfonamides is 1. The van der Waals surface area contributed by atoms with Crippen LogP contribution in [-0.4, -0.2) is 33.3 Å². The number of hydrogen-bond acceptors (Lipinski definition) is 4. The van der Waals surface area contributed by atoms with Crippen molar-refractivity contribution in [2.24, 2.45) is 0 Å². The zero-order valence-corrected chi connectivity index (χ0v) is 17.7. The van der Waals surface area contributed by atoms with Crippen LogP contribution in [0.2, 0.25) is 0 Å². The molecule has 7 nitrogen and oxygen atoms in total. The highest BCUT2D eigenvalue weighted by Gasteiger charge is 2.14. The van der Waals surface area contributed by atoms with E-state index in [1.807, 2.05) is 20.8 Å². The number of aryl methyl sites for hydroxylation is 2. The Morgan fingerprint density at radius 2 is 1.62 bits per heavy atom. The van der Waals surface area contributed by atoms with Crippen molar-refractivity contribution in [2.75, 3.05) is 13.1 Å². The van der Waals surface area contributed by atoms with E-state index in [1.165, 1.54) is 0 Å². The van der Waals surface area contributed by atoms with Crippen LogP contribution in [0.25, 0.3) is 0 Å². The molecule has 0 saturated heterocycles. The van der Waals surface area contributed by atoms with Gasteiger partial charge < -0.3 is 10.6 Å². The Morgan fingerprint density at radius 3 is 2.24 bits per heavy atom. The molecule has 0 fully saturated rings. The average molecular weight is 418 g/mol. The third kappa shape index (κ3) is 6.69. The van der Waals surface area contributed by atoms with E-state index in [-0.39, 0.29) is 29.8 Å². The lowest BCUT2D eigenvalue weighted by Gasteiger charge is -2.10. The highest BCUT2D eigenvalue weighted by molar-refractivity contribution is 7.89. The van der Waals surface area contributed by atoms with Gasteiger partial charge in [0.25, 0.3) is 5.91 Å². The Kier molecular flexibility index (Phi) is 7.92. The summed E-state index contributed by atoms with van der Waals surface area (Å²) in [7, 11) is -3.62. The molecule has 0 bridgehead atoms. The summed E-state index contributed by atoms with van der Waals surface area (Å²) in [6.45, 7) is 6.33. The highest BCUT2D eigenvalue weighted by atomic mass is 32.2. The summed E-state index contributed by atoms with van der Waals surface area (Å²) in [6, 6.07) is 11.5. The number of benzene rings is 2. The average Bonchev–Trinajstić information content (AvgIpc) is 2.71. The minimum atomic E-state index is -3.62. The highest BCUT2D eigenvalue weighted by Crippen LogP contribution is 2.15. The Hall–Kier alpha value is -2.71.